The molecule has 0 aliphatic rings. The molecule has 4 rings (SSSR count). The van der Waals surface area contributed by atoms with Crippen LogP contribution in [0.5, 0.6) is 0 Å². The summed E-state index contributed by atoms with van der Waals surface area (Å²) >= 11 is 13.6. The fourth-order valence-electron chi connectivity index (χ4n) is 2.92. The number of fused-ring (bicyclic) bond motifs is 1. The minimum Gasteiger partial charge on any atom is -0.338 e. The Morgan fingerprint density at radius 2 is 1.79 bits per heavy atom. The fourth-order valence-corrected chi connectivity index (χ4v) is 4.08. The van der Waals surface area contributed by atoms with E-state index in [1.54, 1.807) is 11.8 Å². The summed E-state index contributed by atoms with van der Waals surface area (Å²) in [6.07, 6.45) is 0. The Morgan fingerprint density at radius 1 is 1.00 bits per heavy atom. The maximum absolute atomic E-state index is 12.2. The van der Waals surface area contributed by atoms with Gasteiger partial charge < -0.3 is 10.3 Å². The molecule has 0 aliphatic heterocycles. The monoisotopic (exact) mass is 441 g/mol. The molecule has 1 amide bonds. The van der Waals surface area contributed by atoms with Crippen LogP contribution in [0.2, 0.25) is 10.0 Å². The van der Waals surface area contributed by atoms with Crippen molar-refractivity contribution in [2.45, 2.75) is 5.75 Å². The number of halogens is 2. The summed E-state index contributed by atoms with van der Waals surface area (Å²) in [6.45, 7) is 0. The number of nitrogens with one attached hydrogen (secondary N) is 2. The van der Waals surface area contributed by atoms with E-state index in [1.807, 2.05) is 66.7 Å². The first kappa shape index (κ1) is 19.8. The number of aromatic amines is 1. The van der Waals surface area contributed by atoms with Crippen LogP contribution in [0.15, 0.2) is 66.7 Å². The van der Waals surface area contributed by atoms with Crippen molar-refractivity contribution in [1.82, 2.24) is 9.97 Å². The number of hydrogen-bond donors (Lipinski definition) is 2. The molecule has 3 aromatic carbocycles. The normalized spacial score (nSPS) is 11.0. The summed E-state index contributed by atoms with van der Waals surface area (Å²) in [7, 11) is 0. The van der Waals surface area contributed by atoms with Gasteiger partial charge in [-0.2, -0.15) is 0 Å². The Kier molecular flexibility index (Phi) is 6.09. The standard InChI is InChI=1S/C22H17Cl2N3OS/c23-16-3-1-2-14(10-16)12-29-13-21(28)25-18-7-4-15(5-8-18)22-26-19-9-6-17(24)11-20(19)27-22/h1-11H,12-13H2,(H,25,28)(H,26,27). The van der Waals surface area contributed by atoms with E-state index in [1.165, 1.54) is 0 Å². The van der Waals surface area contributed by atoms with E-state index in [4.69, 9.17) is 23.2 Å². The number of amides is 1. The van der Waals surface area contributed by atoms with Crippen molar-refractivity contribution < 1.29 is 4.79 Å². The first-order valence-electron chi connectivity index (χ1n) is 8.94. The number of imidazole rings is 1. The Bertz CT molecular complexity index is 1160. The van der Waals surface area contributed by atoms with E-state index in [0.29, 0.717) is 15.8 Å². The van der Waals surface area contributed by atoms with Crippen molar-refractivity contribution in [3.63, 3.8) is 0 Å². The number of carbonyl (C=O) groups is 1. The van der Waals surface area contributed by atoms with Crippen molar-refractivity contribution in [2.24, 2.45) is 0 Å². The number of nitrogens with zero attached hydrogens (tertiary/aromatic N) is 1. The highest BCUT2D eigenvalue weighted by molar-refractivity contribution is 7.99. The third-order valence-electron chi connectivity index (χ3n) is 4.28. The number of benzene rings is 3. The minimum absolute atomic E-state index is 0.0387. The molecule has 0 unspecified atom stereocenters. The third kappa shape index (κ3) is 5.12. The van der Waals surface area contributed by atoms with Crippen molar-refractivity contribution in [1.29, 1.82) is 0 Å². The van der Waals surface area contributed by atoms with Crippen molar-refractivity contribution >= 4 is 57.6 Å². The number of aromatic nitrogens is 2. The van der Waals surface area contributed by atoms with Gasteiger partial charge >= 0.3 is 0 Å². The predicted molar refractivity (Wildman–Crippen MR) is 123 cm³/mol. The third-order valence-corrected chi connectivity index (χ3v) is 5.75. The van der Waals surface area contributed by atoms with Crippen molar-refractivity contribution in [3.05, 3.63) is 82.3 Å². The summed E-state index contributed by atoms with van der Waals surface area (Å²) < 4.78 is 0. The summed E-state index contributed by atoms with van der Waals surface area (Å²) in [5.74, 6) is 1.84. The zero-order valence-electron chi connectivity index (χ0n) is 15.3. The highest BCUT2D eigenvalue weighted by Gasteiger charge is 2.07. The molecule has 2 N–H and O–H groups in total. The second kappa shape index (κ2) is 8.91. The van der Waals surface area contributed by atoms with E-state index in [9.17, 15) is 4.79 Å². The number of H-pyrrole nitrogens is 1. The van der Waals surface area contributed by atoms with Gasteiger partial charge in [0.1, 0.15) is 5.82 Å². The first-order chi connectivity index (χ1) is 14.1. The first-order valence-corrected chi connectivity index (χ1v) is 10.9. The number of rotatable bonds is 6. The molecule has 0 saturated heterocycles. The lowest BCUT2D eigenvalue weighted by molar-refractivity contribution is -0.113. The second-order valence-corrected chi connectivity index (χ2v) is 8.35. The SMILES string of the molecule is O=C(CSCc1cccc(Cl)c1)Nc1ccc(-c2nc3ccc(Cl)cc3[nH]2)cc1. The van der Waals surface area contributed by atoms with Crippen molar-refractivity contribution in [3.8, 4) is 11.4 Å². The molecule has 0 atom stereocenters. The van der Waals surface area contributed by atoms with Crippen LogP contribution in [0.25, 0.3) is 22.4 Å². The molecule has 0 aliphatic carbocycles. The molecule has 0 bridgehead atoms. The topological polar surface area (TPSA) is 57.8 Å². The highest BCUT2D eigenvalue weighted by atomic mass is 35.5. The van der Waals surface area contributed by atoms with Gasteiger partial charge in [0.25, 0.3) is 0 Å². The van der Waals surface area contributed by atoms with E-state index in [0.717, 1.165) is 39.4 Å². The van der Waals surface area contributed by atoms with Gasteiger partial charge in [-0.25, -0.2) is 4.98 Å². The van der Waals surface area contributed by atoms with Gasteiger partial charge in [0.05, 0.1) is 16.8 Å². The van der Waals surface area contributed by atoms with E-state index < -0.39 is 0 Å². The zero-order chi connectivity index (χ0) is 20.2. The molecule has 1 heterocycles. The lowest BCUT2D eigenvalue weighted by Crippen LogP contribution is -2.14. The predicted octanol–water partition coefficient (Wildman–Crippen LogP) is 6.41. The molecule has 1 aromatic heterocycles. The summed E-state index contributed by atoms with van der Waals surface area (Å²) in [4.78, 5) is 20.0. The lowest BCUT2D eigenvalue weighted by Gasteiger charge is -2.06. The number of anilines is 1. The van der Waals surface area contributed by atoms with Crippen LogP contribution in [0, 0.1) is 0 Å². The Labute approximate surface area is 182 Å². The van der Waals surface area contributed by atoms with Gasteiger partial charge in [0.15, 0.2) is 0 Å². The molecule has 4 aromatic rings. The molecule has 29 heavy (non-hydrogen) atoms. The van der Waals surface area contributed by atoms with Crippen LogP contribution in [0.3, 0.4) is 0 Å². The molecular weight excluding hydrogens is 425 g/mol. The summed E-state index contributed by atoms with van der Waals surface area (Å²) in [5, 5.41) is 4.29. The molecule has 0 fully saturated rings. The molecule has 0 spiro atoms. The van der Waals surface area contributed by atoms with Gasteiger partial charge in [-0.1, -0.05) is 35.3 Å². The van der Waals surface area contributed by atoms with Crippen LogP contribution in [-0.2, 0) is 10.5 Å². The van der Waals surface area contributed by atoms with E-state index in [2.05, 4.69) is 15.3 Å². The number of hydrogen-bond acceptors (Lipinski definition) is 3. The maximum Gasteiger partial charge on any atom is 0.234 e. The largest absolute Gasteiger partial charge is 0.338 e. The average molecular weight is 442 g/mol. The number of thioether (sulfide) groups is 1. The molecule has 4 nitrogen and oxygen atoms in total. The van der Waals surface area contributed by atoms with Gasteiger partial charge in [0, 0.05) is 27.0 Å². The van der Waals surface area contributed by atoms with Gasteiger partial charge in [-0.15, -0.1) is 11.8 Å². The Balaban J connectivity index is 1.34. The van der Waals surface area contributed by atoms with Crippen LogP contribution >= 0.6 is 35.0 Å². The lowest BCUT2D eigenvalue weighted by atomic mass is 10.2. The Hall–Kier alpha value is -2.47. The van der Waals surface area contributed by atoms with E-state index in [-0.39, 0.29) is 5.91 Å². The minimum atomic E-state index is -0.0387. The molecule has 146 valence electrons. The summed E-state index contributed by atoms with van der Waals surface area (Å²) in [6, 6.07) is 20.8. The van der Waals surface area contributed by atoms with Gasteiger partial charge in [0.2, 0.25) is 5.91 Å². The Morgan fingerprint density at radius 3 is 2.59 bits per heavy atom. The van der Waals surface area contributed by atoms with Crippen molar-refractivity contribution in [2.75, 3.05) is 11.1 Å². The van der Waals surface area contributed by atoms with Gasteiger partial charge in [-0.05, 0) is 60.2 Å². The smallest absolute Gasteiger partial charge is 0.234 e. The van der Waals surface area contributed by atoms with Crippen LogP contribution in [0.4, 0.5) is 5.69 Å². The molecule has 0 radical (unpaired) electrons. The van der Waals surface area contributed by atoms with Crippen LogP contribution in [0.1, 0.15) is 5.56 Å². The van der Waals surface area contributed by atoms with Gasteiger partial charge in [-0.3, -0.25) is 4.79 Å². The second-order valence-electron chi connectivity index (χ2n) is 6.50. The zero-order valence-corrected chi connectivity index (χ0v) is 17.6. The molecular formula is C22H17Cl2N3OS. The van der Waals surface area contributed by atoms with Crippen LogP contribution in [-0.4, -0.2) is 21.6 Å². The quantitative estimate of drug-likeness (QED) is 0.363. The average Bonchev–Trinajstić information content (AvgIpc) is 3.12. The fraction of sp³-hybridized carbons (Fsp3) is 0.0909. The maximum atomic E-state index is 12.2. The number of carbonyl (C=O) groups excluding carboxylic acids is 1. The molecule has 7 heteroatoms. The molecule has 0 saturated carbocycles. The van der Waals surface area contributed by atoms with E-state index >= 15 is 0 Å². The summed E-state index contributed by atoms with van der Waals surface area (Å²) in [5.41, 5.74) is 4.54. The highest BCUT2D eigenvalue weighted by Crippen LogP contribution is 2.24. The van der Waals surface area contributed by atoms with Crippen LogP contribution < -0.4 is 5.32 Å².